The van der Waals surface area contributed by atoms with Crippen LogP contribution in [0.2, 0.25) is 0 Å². The zero-order valence-electron chi connectivity index (χ0n) is 21.7. The maximum atomic E-state index is 13.0. The molecule has 1 amide bonds. The van der Waals surface area contributed by atoms with Crippen molar-refractivity contribution >= 4 is 11.9 Å². The Morgan fingerprint density at radius 1 is 1.08 bits per heavy atom. The van der Waals surface area contributed by atoms with Crippen LogP contribution in [-0.2, 0) is 23.1 Å². The number of rotatable bonds is 7. The first-order chi connectivity index (χ1) is 18.4. The van der Waals surface area contributed by atoms with Crippen molar-refractivity contribution in [1.29, 1.82) is 0 Å². The molecule has 1 fully saturated rings. The number of methoxy groups -OCH3 is 1. The quantitative estimate of drug-likeness (QED) is 0.437. The summed E-state index contributed by atoms with van der Waals surface area (Å²) >= 11 is 0. The molecule has 5 rings (SSSR count). The van der Waals surface area contributed by atoms with E-state index in [1.807, 2.05) is 60.6 Å². The topological polar surface area (TPSA) is 89.8 Å². The van der Waals surface area contributed by atoms with Crippen LogP contribution >= 0.6 is 0 Å². The molecule has 0 saturated heterocycles. The van der Waals surface area contributed by atoms with Crippen molar-refractivity contribution in [3.05, 3.63) is 84.7 Å². The van der Waals surface area contributed by atoms with Crippen LogP contribution in [0.1, 0.15) is 47.3 Å². The molecular formula is C29H32N5O4. The van der Waals surface area contributed by atoms with Gasteiger partial charge in [-0.2, -0.15) is 0 Å². The van der Waals surface area contributed by atoms with E-state index >= 15 is 0 Å². The van der Waals surface area contributed by atoms with E-state index in [2.05, 4.69) is 17.2 Å². The smallest absolute Gasteiger partial charge is 0.308 e. The van der Waals surface area contributed by atoms with Crippen molar-refractivity contribution < 1.29 is 19.1 Å². The summed E-state index contributed by atoms with van der Waals surface area (Å²) in [6.45, 7) is 4.94. The van der Waals surface area contributed by atoms with E-state index in [9.17, 15) is 9.59 Å². The number of hydrogen-bond acceptors (Lipinski definition) is 7. The van der Waals surface area contributed by atoms with Crippen LogP contribution < -0.4 is 4.74 Å². The standard InChI is InChI=1S/C29H32N5O4/c1-20-7-4-5-10-25(20)28(35)34-16-15-33(19-34)18-26-27(30-31-32(26)2)21-11-13-23(14-12-21)38-24-9-6-8-22(17-24)29(36)37-3/h4-5,7,10-16,22,24H,1,6,8-9,17-19H2,2-3H3/t22-,24-/m0/s1. The Morgan fingerprint density at radius 2 is 1.87 bits per heavy atom. The molecule has 1 saturated carbocycles. The van der Waals surface area contributed by atoms with E-state index in [0.29, 0.717) is 30.8 Å². The summed E-state index contributed by atoms with van der Waals surface area (Å²) in [5.41, 5.74) is 3.95. The van der Waals surface area contributed by atoms with Crippen molar-refractivity contribution in [2.24, 2.45) is 13.0 Å². The third-order valence-electron chi connectivity index (χ3n) is 7.19. The second-order valence-electron chi connectivity index (χ2n) is 9.78. The zero-order chi connectivity index (χ0) is 26.6. The van der Waals surface area contributed by atoms with Crippen LogP contribution in [-0.4, -0.2) is 56.6 Å². The van der Waals surface area contributed by atoms with Gasteiger partial charge in [-0.25, -0.2) is 4.68 Å². The molecule has 197 valence electrons. The first kappa shape index (κ1) is 25.5. The molecule has 0 bridgehead atoms. The fourth-order valence-corrected chi connectivity index (χ4v) is 5.07. The molecule has 0 spiro atoms. The maximum absolute atomic E-state index is 13.0. The van der Waals surface area contributed by atoms with E-state index < -0.39 is 0 Å². The number of carbonyl (C=O) groups excluding carboxylic acids is 2. The fraction of sp³-hybridized carbons (Fsp3) is 0.345. The molecule has 9 nitrogen and oxygen atoms in total. The largest absolute Gasteiger partial charge is 0.490 e. The van der Waals surface area contributed by atoms with Crippen LogP contribution in [0.3, 0.4) is 0 Å². The first-order valence-corrected chi connectivity index (χ1v) is 12.8. The molecule has 2 aliphatic rings. The Bertz CT molecular complexity index is 1330. The van der Waals surface area contributed by atoms with Crippen molar-refractivity contribution in [3.8, 4) is 17.0 Å². The number of hydrogen-bond donors (Lipinski definition) is 0. The second kappa shape index (κ2) is 11.1. The number of ether oxygens (including phenoxy) is 2. The number of nitrogens with zero attached hydrogens (tertiary/aromatic N) is 5. The summed E-state index contributed by atoms with van der Waals surface area (Å²) in [7, 11) is 3.30. The van der Waals surface area contributed by atoms with Crippen LogP contribution in [0.4, 0.5) is 0 Å². The highest BCUT2D eigenvalue weighted by Gasteiger charge is 2.29. The highest BCUT2D eigenvalue weighted by atomic mass is 16.5. The van der Waals surface area contributed by atoms with Crippen LogP contribution in [0.15, 0.2) is 60.9 Å². The minimum Gasteiger partial charge on any atom is -0.490 e. The molecule has 0 unspecified atom stereocenters. The SMILES string of the molecule is [CH2]c1ccccc1C(=O)N1C=CN(Cc2c(-c3ccc(O[C@H]4CCC[C@H](C(=O)OC)C4)cc3)nnn2C)C1. The molecule has 1 aromatic heterocycles. The van der Waals surface area contributed by atoms with Gasteiger partial charge in [0, 0.05) is 30.6 Å². The molecule has 1 radical (unpaired) electrons. The summed E-state index contributed by atoms with van der Waals surface area (Å²) in [4.78, 5) is 28.6. The molecule has 2 atom stereocenters. The summed E-state index contributed by atoms with van der Waals surface area (Å²) in [5, 5.41) is 8.66. The second-order valence-corrected chi connectivity index (χ2v) is 9.78. The lowest BCUT2D eigenvalue weighted by atomic mass is 9.87. The van der Waals surface area contributed by atoms with Gasteiger partial charge in [-0.1, -0.05) is 23.4 Å². The van der Waals surface area contributed by atoms with Crippen molar-refractivity contribution in [3.63, 3.8) is 0 Å². The Labute approximate surface area is 222 Å². The minimum atomic E-state index is -0.156. The van der Waals surface area contributed by atoms with E-state index in [1.165, 1.54) is 7.11 Å². The highest BCUT2D eigenvalue weighted by molar-refractivity contribution is 5.96. The Kier molecular flexibility index (Phi) is 7.44. The molecular weight excluding hydrogens is 482 g/mol. The Morgan fingerprint density at radius 3 is 2.63 bits per heavy atom. The molecule has 3 aromatic rings. The van der Waals surface area contributed by atoms with Gasteiger partial charge in [0.1, 0.15) is 11.4 Å². The third-order valence-corrected chi connectivity index (χ3v) is 7.19. The zero-order valence-corrected chi connectivity index (χ0v) is 21.7. The predicted molar refractivity (Wildman–Crippen MR) is 141 cm³/mol. The van der Waals surface area contributed by atoms with Gasteiger partial charge < -0.3 is 14.4 Å². The lowest BCUT2D eigenvalue weighted by molar-refractivity contribution is -0.147. The van der Waals surface area contributed by atoms with Gasteiger partial charge >= 0.3 is 5.97 Å². The monoisotopic (exact) mass is 514 g/mol. The number of benzene rings is 2. The number of aryl methyl sites for hydroxylation is 1. The number of amides is 1. The van der Waals surface area contributed by atoms with Crippen molar-refractivity contribution in [2.75, 3.05) is 13.8 Å². The maximum Gasteiger partial charge on any atom is 0.308 e. The van der Waals surface area contributed by atoms with Crippen molar-refractivity contribution in [2.45, 2.75) is 38.3 Å². The average molecular weight is 515 g/mol. The van der Waals surface area contributed by atoms with E-state index in [1.54, 1.807) is 21.8 Å². The summed E-state index contributed by atoms with van der Waals surface area (Å²) in [6, 6.07) is 15.2. The van der Waals surface area contributed by atoms with Gasteiger partial charge in [-0.3, -0.25) is 14.5 Å². The molecule has 38 heavy (non-hydrogen) atoms. The summed E-state index contributed by atoms with van der Waals surface area (Å²) in [6.07, 6.45) is 7.08. The molecule has 0 N–H and O–H groups in total. The fourth-order valence-electron chi connectivity index (χ4n) is 5.07. The van der Waals surface area contributed by atoms with E-state index in [0.717, 1.165) is 42.0 Å². The van der Waals surface area contributed by atoms with E-state index in [-0.39, 0.29) is 23.9 Å². The van der Waals surface area contributed by atoms with Crippen molar-refractivity contribution in [1.82, 2.24) is 24.8 Å². The molecule has 2 aromatic carbocycles. The highest BCUT2D eigenvalue weighted by Crippen LogP contribution is 2.30. The lowest BCUT2D eigenvalue weighted by Gasteiger charge is -2.28. The predicted octanol–water partition coefficient (Wildman–Crippen LogP) is 4.16. The Balaban J connectivity index is 1.23. The summed E-state index contributed by atoms with van der Waals surface area (Å²) < 4.78 is 12.9. The Hall–Kier alpha value is -4.14. The first-order valence-electron chi connectivity index (χ1n) is 12.8. The minimum absolute atomic E-state index is 0.00570. The van der Waals surface area contributed by atoms with E-state index in [4.69, 9.17) is 9.47 Å². The van der Waals surface area contributed by atoms with Gasteiger partial charge in [0.15, 0.2) is 0 Å². The van der Waals surface area contributed by atoms with Crippen LogP contribution in [0.5, 0.6) is 5.75 Å². The lowest BCUT2D eigenvalue weighted by Crippen LogP contribution is -2.31. The van der Waals surface area contributed by atoms with Crippen LogP contribution in [0.25, 0.3) is 11.3 Å². The summed E-state index contributed by atoms with van der Waals surface area (Å²) in [5.74, 6) is 0.428. The molecule has 1 aliphatic carbocycles. The van der Waals surface area contributed by atoms with Gasteiger partial charge in [0.2, 0.25) is 0 Å². The number of esters is 1. The van der Waals surface area contributed by atoms with Gasteiger partial charge in [-0.05, 0) is 68.5 Å². The van der Waals surface area contributed by atoms with Gasteiger partial charge in [0.25, 0.3) is 5.91 Å². The van der Waals surface area contributed by atoms with Crippen LogP contribution in [0, 0.1) is 12.8 Å². The molecule has 9 heteroatoms. The normalized spacial score (nSPS) is 19.0. The van der Waals surface area contributed by atoms with Gasteiger partial charge in [-0.15, -0.1) is 5.10 Å². The molecule has 2 heterocycles. The third kappa shape index (κ3) is 5.41. The average Bonchev–Trinajstić information content (AvgIpc) is 3.56. The number of aromatic nitrogens is 3. The number of carbonyl (C=O) groups is 2. The van der Waals surface area contributed by atoms with Gasteiger partial charge in [0.05, 0.1) is 38.0 Å². The molecule has 1 aliphatic heterocycles.